The molecule has 2 atom stereocenters. The van der Waals surface area contributed by atoms with Gasteiger partial charge >= 0.3 is 0 Å². The number of hydrogen-bond donors (Lipinski definition) is 2. The van der Waals surface area contributed by atoms with Crippen molar-refractivity contribution < 1.29 is 9.90 Å². The number of carbonyl (C=O) groups is 1. The predicted octanol–water partition coefficient (Wildman–Crippen LogP) is 0.694. The van der Waals surface area contributed by atoms with Crippen LogP contribution in [0.1, 0.15) is 53.6 Å². The molecule has 2 aliphatic carbocycles. The Balaban J connectivity index is 1.74. The number of aromatic nitrogens is 4. The molecule has 2 aliphatic rings. The van der Waals surface area contributed by atoms with E-state index in [0.29, 0.717) is 23.3 Å². The van der Waals surface area contributed by atoms with Gasteiger partial charge in [0.15, 0.2) is 17.2 Å². The Morgan fingerprint density at radius 2 is 2.28 bits per heavy atom. The monoisotopic (exact) mass is 338 g/mol. The summed E-state index contributed by atoms with van der Waals surface area (Å²) in [7, 11) is 0. The summed E-state index contributed by atoms with van der Waals surface area (Å²) in [6.07, 6.45) is 4.84. The molecule has 8 heteroatoms. The Labute approximate surface area is 144 Å². The van der Waals surface area contributed by atoms with Gasteiger partial charge in [0.25, 0.3) is 5.91 Å². The van der Waals surface area contributed by atoms with Crippen molar-refractivity contribution in [3.63, 3.8) is 0 Å². The summed E-state index contributed by atoms with van der Waals surface area (Å²) in [5.41, 5.74) is 1.88. The predicted molar refractivity (Wildman–Crippen MR) is 87.1 cm³/mol. The van der Waals surface area contributed by atoms with Crippen molar-refractivity contribution in [2.75, 3.05) is 6.61 Å². The number of nitrogens with zero attached hydrogens (tertiary/aromatic N) is 5. The molecular weight excluding hydrogens is 320 g/mol. The highest BCUT2D eigenvalue weighted by Gasteiger charge is 2.50. The van der Waals surface area contributed by atoms with Gasteiger partial charge in [0.2, 0.25) is 0 Å². The second-order valence-electron chi connectivity index (χ2n) is 7.30. The number of fused-ring (bicyclic) bond motifs is 3. The summed E-state index contributed by atoms with van der Waals surface area (Å²) in [6.45, 7) is 3.35. The summed E-state index contributed by atoms with van der Waals surface area (Å²) in [5.74, 6) is 1.19. The van der Waals surface area contributed by atoms with E-state index >= 15 is 0 Å². The van der Waals surface area contributed by atoms with E-state index in [1.54, 1.807) is 18.5 Å². The van der Waals surface area contributed by atoms with Crippen molar-refractivity contribution in [1.29, 1.82) is 5.26 Å². The Hall–Kier alpha value is -2.79. The molecule has 0 radical (unpaired) electrons. The molecule has 2 heterocycles. The fraction of sp³-hybridized carbons (Fsp3) is 0.471. The molecule has 1 fully saturated rings. The Morgan fingerprint density at radius 3 is 2.92 bits per heavy atom. The first kappa shape index (κ1) is 15.7. The summed E-state index contributed by atoms with van der Waals surface area (Å²) < 4.78 is 1.68. The van der Waals surface area contributed by atoms with E-state index in [1.807, 2.05) is 6.07 Å². The van der Waals surface area contributed by atoms with Gasteiger partial charge in [-0.05, 0) is 32.6 Å². The van der Waals surface area contributed by atoms with Gasteiger partial charge in [0.05, 0.1) is 30.2 Å². The molecule has 0 spiro atoms. The molecule has 0 aliphatic heterocycles. The van der Waals surface area contributed by atoms with Crippen LogP contribution in [-0.4, -0.2) is 42.9 Å². The van der Waals surface area contributed by atoms with Crippen LogP contribution in [0.4, 0.5) is 0 Å². The lowest BCUT2D eigenvalue weighted by molar-refractivity contribution is 0.0863. The largest absolute Gasteiger partial charge is 0.394 e. The normalized spacial score (nSPS) is 20.6. The van der Waals surface area contributed by atoms with Crippen LogP contribution in [0.15, 0.2) is 12.4 Å². The van der Waals surface area contributed by atoms with Crippen molar-refractivity contribution in [2.24, 2.45) is 5.92 Å². The number of nitriles is 1. The molecule has 25 heavy (non-hydrogen) atoms. The zero-order valence-corrected chi connectivity index (χ0v) is 14.0. The maximum absolute atomic E-state index is 12.7. The first-order valence-electron chi connectivity index (χ1n) is 8.21. The third kappa shape index (κ3) is 2.57. The number of hydrogen-bond acceptors (Lipinski definition) is 6. The van der Waals surface area contributed by atoms with E-state index in [9.17, 15) is 9.90 Å². The molecule has 0 bridgehead atoms. The minimum absolute atomic E-state index is 0.159. The number of rotatable bonds is 4. The van der Waals surface area contributed by atoms with Crippen molar-refractivity contribution in [3.8, 4) is 11.9 Å². The van der Waals surface area contributed by atoms with E-state index < -0.39 is 5.54 Å². The molecule has 2 N–H and O–H groups in total. The zero-order valence-electron chi connectivity index (χ0n) is 14.0. The van der Waals surface area contributed by atoms with E-state index in [4.69, 9.17) is 5.26 Å². The average Bonchev–Trinajstić information content (AvgIpc) is 3.10. The Morgan fingerprint density at radius 1 is 1.48 bits per heavy atom. The maximum atomic E-state index is 12.7. The van der Waals surface area contributed by atoms with Crippen LogP contribution in [-0.2, 0) is 6.42 Å². The number of carbonyl (C=O) groups excluding carboxylic acids is 1. The van der Waals surface area contributed by atoms with Crippen LogP contribution >= 0.6 is 0 Å². The summed E-state index contributed by atoms with van der Waals surface area (Å²) in [5, 5.41) is 25.6. The first-order valence-corrected chi connectivity index (χ1v) is 8.21. The lowest BCUT2D eigenvalue weighted by Crippen LogP contribution is -2.46. The van der Waals surface area contributed by atoms with Gasteiger partial charge in [-0.25, -0.2) is 14.6 Å². The van der Waals surface area contributed by atoms with E-state index in [2.05, 4.69) is 20.4 Å². The standard InChI is InChI=1S/C17H18N6O2/c1-17(2,8-24)21-16(25)14-12-4-9-3-11(9)15(12)23(22-14)13-7-19-10(5-18)6-20-13/h6-7,9,11,24H,3-4,8H2,1-2H3,(H,21,25)/t9-,11-/m1/s1. The lowest BCUT2D eigenvalue weighted by Gasteiger charge is -2.23. The third-order valence-corrected chi connectivity index (χ3v) is 4.80. The summed E-state index contributed by atoms with van der Waals surface area (Å²) in [4.78, 5) is 21.0. The van der Waals surface area contributed by atoms with E-state index in [-0.39, 0.29) is 18.2 Å². The van der Waals surface area contributed by atoms with Gasteiger partial charge in [-0.15, -0.1) is 0 Å². The Kier molecular flexibility index (Phi) is 3.37. The molecule has 4 rings (SSSR count). The van der Waals surface area contributed by atoms with Crippen LogP contribution < -0.4 is 5.32 Å². The van der Waals surface area contributed by atoms with Gasteiger partial charge in [-0.3, -0.25) is 4.79 Å². The van der Waals surface area contributed by atoms with Gasteiger partial charge in [0.1, 0.15) is 6.07 Å². The minimum Gasteiger partial charge on any atom is -0.394 e. The van der Waals surface area contributed by atoms with Crippen LogP contribution in [0, 0.1) is 17.2 Å². The molecule has 1 amide bonds. The van der Waals surface area contributed by atoms with Gasteiger partial charge < -0.3 is 10.4 Å². The van der Waals surface area contributed by atoms with Crippen LogP contribution in [0.2, 0.25) is 0 Å². The lowest BCUT2D eigenvalue weighted by atomic mass is 10.1. The average molecular weight is 338 g/mol. The highest BCUT2D eigenvalue weighted by Crippen LogP contribution is 2.57. The number of aliphatic hydroxyl groups is 1. The quantitative estimate of drug-likeness (QED) is 0.847. The Bertz CT molecular complexity index is 893. The van der Waals surface area contributed by atoms with E-state index in [1.165, 1.54) is 12.4 Å². The number of amides is 1. The summed E-state index contributed by atoms with van der Waals surface area (Å²) >= 11 is 0. The topological polar surface area (TPSA) is 117 Å². The molecule has 2 aromatic rings. The SMILES string of the molecule is CC(C)(CO)NC(=O)c1nn(-c2cnc(C#N)cn2)c2c1C[C@H]1C[C@@H]21. The zero-order chi connectivity index (χ0) is 17.8. The van der Waals surface area contributed by atoms with Crippen molar-refractivity contribution in [2.45, 2.75) is 38.1 Å². The van der Waals surface area contributed by atoms with Crippen molar-refractivity contribution >= 4 is 5.91 Å². The second-order valence-corrected chi connectivity index (χ2v) is 7.30. The smallest absolute Gasteiger partial charge is 0.272 e. The molecule has 2 aromatic heterocycles. The molecule has 8 nitrogen and oxygen atoms in total. The fourth-order valence-corrected chi connectivity index (χ4v) is 3.37. The fourth-order valence-electron chi connectivity index (χ4n) is 3.37. The molecular formula is C17H18N6O2. The third-order valence-electron chi connectivity index (χ3n) is 4.80. The first-order chi connectivity index (χ1) is 11.9. The van der Waals surface area contributed by atoms with Crippen molar-refractivity contribution in [3.05, 3.63) is 35.0 Å². The van der Waals surface area contributed by atoms with Crippen molar-refractivity contribution in [1.82, 2.24) is 25.1 Å². The second kappa shape index (κ2) is 5.36. The van der Waals surface area contributed by atoms with Crippen LogP contribution in [0.3, 0.4) is 0 Å². The highest BCUT2D eigenvalue weighted by atomic mass is 16.3. The highest BCUT2D eigenvalue weighted by molar-refractivity contribution is 5.95. The maximum Gasteiger partial charge on any atom is 0.272 e. The summed E-state index contributed by atoms with van der Waals surface area (Å²) in [6, 6.07) is 1.94. The molecule has 1 saturated carbocycles. The molecule has 0 saturated heterocycles. The van der Waals surface area contributed by atoms with Gasteiger partial charge in [-0.2, -0.15) is 10.4 Å². The number of aliphatic hydroxyl groups excluding tert-OH is 1. The number of nitrogens with one attached hydrogen (secondary N) is 1. The van der Waals surface area contributed by atoms with Crippen LogP contribution in [0.25, 0.3) is 5.82 Å². The van der Waals surface area contributed by atoms with Gasteiger partial charge in [-0.1, -0.05) is 0 Å². The van der Waals surface area contributed by atoms with Gasteiger partial charge in [0, 0.05) is 11.5 Å². The minimum atomic E-state index is -0.719. The van der Waals surface area contributed by atoms with E-state index in [0.717, 1.165) is 24.1 Å². The van der Waals surface area contributed by atoms with Crippen LogP contribution in [0.5, 0.6) is 0 Å². The molecule has 0 unspecified atom stereocenters. The molecule has 0 aromatic carbocycles. The molecule has 128 valence electrons.